The van der Waals surface area contributed by atoms with Crippen LogP contribution in [0.25, 0.3) is 0 Å². The molecule has 0 atom stereocenters. The van der Waals surface area contributed by atoms with Crippen molar-refractivity contribution in [3.8, 4) is 5.75 Å². The average Bonchev–Trinajstić information content (AvgIpc) is 2.88. The maximum atomic E-state index is 13.1. The molecular formula is C25H33N3O2. The van der Waals surface area contributed by atoms with Gasteiger partial charge >= 0.3 is 0 Å². The highest BCUT2D eigenvalue weighted by molar-refractivity contribution is 5.95. The van der Waals surface area contributed by atoms with E-state index >= 15 is 0 Å². The minimum absolute atomic E-state index is 0.101. The zero-order chi connectivity index (χ0) is 21.3. The number of ether oxygens (including phenoxy) is 1. The van der Waals surface area contributed by atoms with Gasteiger partial charge in [0.15, 0.2) is 0 Å². The van der Waals surface area contributed by atoms with Crippen molar-refractivity contribution in [1.29, 1.82) is 0 Å². The molecule has 1 fully saturated rings. The van der Waals surface area contributed by atoms with Gasteiger partial charge in [-0.25, -0.2) is 0 Å². The molecule has 1 aliphatic heterocycles. The van der Waals surface area contributed by atoms with Crippen molar-refractivity contribution in [2.75, 3.05) is 39.6 Å². The molecule has 160 valence electrons. The van der Waals surface area contributed by atoms with Gasteiger partial charge in [-0.2, -0.15) is 0 Å². The zero-order valence-electron chi connectivity index (χ0n) is 18.6. The van der Waals surface area contributed by atoms with Gasteiger partial charge in [0.05, 0.1) is 0 Å². The van der Waals surface area contributed by atoms with Crippen molar-refractivity contribution in [2.24, 2.45) is 0 Å². The zero-order valence-corrected chi connectivity index (χ0v) is 18.6. The summed E-state index contributed by atoms with van der Waals surface area (Å²) in [5.41, 5.74) is 2.90. The van der Waals surface area contributed by atoms with Crippen molar-refractivity contribution in [1.82, 2.24) is 9.80 Å². The van der Waals surface area contributed by atoms with Gasteiger partial charge in [0.25, 0.3) is 5.91 Å². The number of carbonyl (C=O) groups excluding carboxylic acids is 1. The van der Waals surface area contributed by atoms with Gasteiger partial charge in [-0.05, 0) is 57.0 Å². The molecule has 0 aromatic heterocycles. The van der Waals surface area contributed by atoms with E-state index < -0.39 is 0 Å². The molecule has 0 N–H and O–H groups in total. The van der Waals surface area contributed by atoms with E-state index in [1.165, 1.54) is 5.56 Å². The Morgan fingerprint density at radius 1 is 1.07 bits per heavy atom. The van der Waals surface area contributed by atoms with Crippen molar-refractivity contribution < 1.29 is 9.53 Å². The summed E-state index contributed by atoms with van der Waals surface area (Å²) in [5, 5.41) is 0. The number of likely N-dealkylation sites (N-methyl/N-ethyl adjacent to an activating group) is 1. The number of rotatable bonds is 3. The highest BCUT2D eigenvalue weighted by Gasteiger charge is 2.41. The largest absolute Gasteiger partial charge is 0.486 e. The van der Waals surface area contributed by atoms with Crippen LogP contribution in [0.2, 0.25) is 0 Å². The Morgan fingerprint density at radius 3 is 2.53 bits per heavy atom. The molecule has 2 aromatic rings. The predicted molar refractivity (Wildman–Crippen MR) is 121 cm³/mol. The van der Waals surface area contributed by atoms with E-state index in [9.17, 15) is 4.79 Å². The molecule has 1 heterocycles. The fourth-order valence-corrected chi connectivity index (χ4v) is 4.90. The third-order valence-electron chi connectivity index (χ3n) is 6.64. The number of nitrogens with zero attached hydrogens (tertiary/aromatic N) is 3. The first kappa shape index (κ1) is 20.7. The molecule has 5 nitrogen and oxygen atoms in total. The van der Waals surface area contributed by atoms with Crippen LogP contribution in [0.4, 0.5) is 5.69 Å². The number of fused-ring (bicyclic) bond motifs is 1. The molecule has 1 amide bonds. The number of amides is 1. The van der Waals surface area contributed by atoms with Crippen LogP contribution in [0.3, 0.4) is 0 Å². The lowest BCUT2D eigenvalue weighted by atomic mass is 9.81. The summed E-state index contributed by atoms with van der Waals surface area (Å²) in [7, 11) is 8.11. The Bertz CT molecular complexity index is 903. The fourth-order valence-electron chi connectivity index (χ4n) is 4.90. The first-order chi connectivity index (χ1) is 14.4. The van der Waals surface area contributed by atoms with E-state index in [1.54, 1.807) is 0 Å². The maximum Gasteiger partial charge on any atom is 0.253 e. The standard InChI is InChI=1S/C25H33N3O2/c1-26(2)22-10-7-9-19(16-22)24(29)28(4)21-12-14-25(15-13-21)18-27(3)17-20-8-5-6-11-23(20)30-25/h5-11,16,21H,12-15,17-18H2,1-4H3. The topological polar surface area (TPSA) is 36.0 Å². The second kappa shape index (κ2) is 8.31. The molecule has 4 rings (SSSR count). The third-order valence-corrected chi connectivity index (χ3v) is 6.64. The smallest absolute Gasteiger partial charge is 0.253 e. The van der Waals surface area contributed by atoms with Gasteiger partial charge in [0, 0.05) is 57.1 Å². The third kappa shape index (κ3) is 4.17. The lowest BCUT2D eigenvalue weighted by Crippen LogP contribution is -2.51. The quantitative estimate of drug-likeness (QED) is 0.770. The van der Waals surface area contributed by atoms with Crippen molar-refractivity contribution >= 4 is 11.6 Å². The summed E-state index contributed by atoms with van der Waals surface area (Å²) >= 11 is 0. The SMILES string of the molecule is CN1Cc2ccccc2OC2(CCC(N(C)C(=O)c3cccc(N(C)C)c3)CC2)C1. The highest BCUT2D eigenvalue weighted by Crippen LogP contribution is 2.39. The van der Waals surface area contributed by atoms with Crippen molar-refractivity contribution in [2.45, 2.75) is 43.9 Å². The van der Waals surface area contributed by atoms with E-state index in [2.05, 4.69) is 36.2 Å². The minimum atomic E-state index is -0.160. The summed E-state index contributed by atoms with van der Waals surface area (Å²) in [5.74, 6) is 1.12. The second-order valence-electron chi connectivity index (χ2n) is 9.16. The van der Waals surface area contributed by atoms with Gasteiger partial charge < -0.3 is 14.5 Å². The molecule has 2 aliphatic rings. The Balaban J connectivity index is 1.45. The molecule has 0 saturated heterocycles. The molecule has 2 aromatic carbocycles. The average molecular weight is 408 g/mol. The van der Waals surface area contributed by atoms with E-state index in [0.717, 1.165) is 55.8 Å². The lowest BCUT2D eigenvalue weighted by molar-refractivity contribution is -0.00842. The number of benzene rings is 2. The molecular weight excluding hydrogens is 374 g/mol. The van der Waals surface area contributed by atoms with Crippen LogP contribution in [0.15, 0.2) is 48.5 Å². The van der Waals surface area contributed by atoms with Crippen molar-refractivity contribution in [3.63, 3.8) is 0 Å². The van der Waals surface area contributed by atoms with Crippen LogP contribution in [-0.4, -0.2) is 62.1 Å². The van der Waals surface area contributed by atoms with E-state index in [4.69, 9.17) is 4.74 Å². The van der Waals surface area contributed by atoms with Gasteiger partial charge in [-0.3, -0.25) is 9.69 Å². The number of hydrogen-bond acceptors (Lipinski definition) is 4. The summed E-state index contributed by atoms with van der Waals surface area (Å²) in [6.45, 7) is 1.85. The summed E-state index contributed by atoms with van der Waals surface area (Å²) < 4.78 is 6.62. The molecule has 0 radical (unpaired) electrons. The number of hydrogen-bond donors (Lipinski definition) is 0. The van der Waals surface area contributed by atoms with E-state index in [-0.39, 0.29) is 17.6 Å². The Hall–Kier alpha value is -2.53. The van der Waals surface area contributed by atoms with Crippen LogP contribution in [-0.2, 0) is 6.54 Å². The first-order valence-electron chi connectivity index (χ1n) is 10.9. The van der Waals surface area contributed by atoms with Crippen molar-refractivity contribution in [3.05, 3.63) is 59.7 Å². The second-order valence-corrected chi connectivity index (χ2v) is 9.16. The Kier molecular flexibility index (Phi) is 5.74. The van der Waals surface area contributed by atoms with Gasteiger partial charge in [0.1, 0.15) is 11.4 Å². The molecule has 1 aliphatic carbocycles. The van der Waals surface area contributed by atoms with Crippen LogP contribution in [0.1, 0.15) is 41.6 Å². The van der Waals surface area contributed by atoms with Gasteiger partial charge in [-0.15, -0.1) is 0 Å². The molecule has 0 bridgehead atoms. The van der Waals surface area contributed by atoms with Crippen LogP contribution >= 0.6 is 0 Å². The monoisotopic (exact) mass is 407 g/mol. The Morgan fingerprint density at radius 2 is 1.80 bits per heavy atom. The molecule has 0 unspecified atom stereocenters. The highest BCUT2D eigenvalue weighted by atomic mass is 16.5. The van der Waals surface area contributed by atoms with Crippen LogP contribution in [0.5, 0.6) is 5.75 Å². The maximum absolute atomic E-state index is 13.1. The fraction of sp³-hybridized carbons (Fsp3) is 0.480. The number of carbonyl (C=O) groups is 1. The molecule has 1 spiro atoms. The summed E-state index contributed by atoms with van der Waals surface area (Å²) in [6, 6.07) is 16.5. The van der Waals surface area contributed by atoms with Gasteiger partial charge in [0.2, 0.25) is 0 Å². The summed E-state index contributed by atoms with van der Waals surface area (Å²) in [4.78, 5) is 19.5. The Labute approximate surface area is 180 Å². The van der Waals surface area contributed by atoms with Crippen LogP contribution < -0.4 is 9.64 Å². The van der Waals surface area contributed by atoms with Gasteiger partial charge in [-0.1, -0.05) is 24.3 Å². The minimum Gasteiger partial charge on any atom is -0.486 e. The molecule has 1 saturated carbocycles. The normalized spacial score (nSPS) is 23.9. The van der Waals surface area contributed by atoms with E-state index in [1.807, 2.05) is 55.2 Å². The molecule has 30 heavy (non-hydrogen) atoms. The predicted octanol–water partition coefficient (Wildman–Crippen LogP) is 4.03. The first-order valence-corrected chi connectivity index (χ1v) is 10.9. The van der Waals surface area contributed by atoms with E-state index in [0.29, 0.717) is 0 Å². The van der Waals surface area contributed by atoms with Crippen LogP contribution in [0, 0.1) is 0 Å². The molecule has 5 heteroatoms. The number of anilines is 1. The summed E-state index contributed by atoms with van der Waals surface area (Å²) in [6.07, 6.45) is 3.86. The lowest BCUT2D eigenvalue weighted by Gasteiger charge is -2.43. The number of para-hydroxylation sites is 1.